The van der Waals surface area contributed by atoms with Crippen molar-refractivity contribution < 1.29 is 38.3 Å². The van der Waals surface area contributed by atoms with Crippen molar-refractivity contribution in [1.29, 1.82) is 0 Å². The van der Waals surface area contributed by atoms with Crippen LogP contribution in [0.25, 0.3) is 11.3 Å². The molecule has 0 bridgehead atoms. The molecule has 3 atom stereocenters. The molecule has 0 saturated heterocycles. The molecule has 0 radical (unpaired) electrons. The van der Waals surface area contributed by atoms with E-state index in [1.54, 1.807) is 54.6 Å². The van der Waals surface area contributed by atoms with Gasteiger partial charge in [-0.25, -0.2) is 5.06 Å². The Balaban J connectivity index is 1.42. The zero-order chi connectivity index (χ0) is 36.6. The Morgan fingerprint density at radius 1 is 0.902 bits per heavy atom. The maximum atomic E-state index is 13.5. The van der Waals surface area contributed by atoms with Crippen LogP contribution in [0.15, 0.2) is 95.4 Å². The highest BCUT2D eigenvalue weighted by atomic mass is 16.7. The summed E-state index contributed by atoms with van der Waals surface area (Å²) in [5.74, 6) is -1.25. The van der Waals surface area contributed by atoms with Crippen LogP contribution in [0.4, 0.5) is 0 Å². The number of carbonyl (C=O) groups is 4. The molecular weight excluding hydrogens is 650 g/mol. The molecule has 0 aliphatic heterocycles. The van der Waals surface area contributed by atoms with Gasteiger partial charge < -0.3 is 24.9 Å². The van der Waals surface area contributed by atoms with Crippen molar-refractivity contribution in [2.45, 2.75) is 71.6 Å². The molecular formula is C40H47N3O8. The highest BCUT2D eigenvalue weighted by Gasteiger charge is 2.32. The van der Waals surface area contributed by atoms with E-state index in [2.05, 4.69) is 17.6 Å². The smallest absolute Gasteiger partial charge is 0.288 e. The number of benzene rings is 3. The van der Waals surface area contributed by atoms with Gasteiger partial charge in [-0.1, -0.05) is 93.8 Å². The van der Waals surface area contributed by atoms with Crippen LogP contribution in [-0.2, 0) is 21.0 Å². The standard InChI is InChI=1S/C40H47N3O8/c1-4-7-10-19-33(34(5-2)43(27-44)50-25-28-15-11-8-12-16-28)39(47)41-26-42-40(48)36-21-20-35(51-36)30-22-31(24-32(23-30)49-6-3)38(46)37(45)29-17-13-9-14-18-29/h8-9,11-18,20-24,27,33-34,37,45H,4-7,10,19,25-26H2,1-3H3,(H,41,47)(H,42,48)/t33-,34-,37?/m1/s1. The Morgan fingerprint density at radius 2 is 1.63 bits per heavy atom. The molecule has 51 heavy (non-hydrogen) atoms. The van der Waals surface area contributed by atoms with Gasteiger partial charge in [0.25, 0.3) is 5.91 Å². The van der Waals surface area contributed by atoms with Crippen LogP contribution >= 0.6 is 0 Å². The number of aliphatic hydroxyl groups excluding tert-OH is 1. The van der Waals surface area contributed by atoms with E-state index in [9.17, 15) is 24.3 Å². The highest BCUT2D eigenvalue weighted by Crippen LogP contribution is 2.30. The predicted octanol–water partition coefficient (Wildman–Crippen LogP) is 6.63. The number of hydrogen-bond donors (Lipinski definition) is 3. The summed E-state index contributed by atoms with van der Waals surface area (Å²) in [5.41, 5.74) is 2.05. The number of unbranched alkanes of at least 4 members (excludes halogenated alkanes) is 2. The number of carbonyl (C=O) groups excluding carboxylic acids is 4. The third kappa shape index (κ3) is 10.9. The maximum absolute atomic E-state index is 13.5. The number of hydrogen-bond acceptors (Lipinski definition) is 8. The molecule has 0 fully saturated rings. The van der Waals surface area contributed by atoms with Gasteiger partial charge in [0.1, 0.15) is 24.2 Å². The average Bonchev–Trinajstić information content (AvgIpc) is 3.66. The van der Waals surface area contributed by atoms with Gasteiger partial charge in [0, 0.05) is 11.1 Å². The van der Waals surface area contributed by atoms with Crippen molar-refractivity contribution in [2.24, 2.45) is 5.92 Å². The number of ether oxygens (including phenoxy) is 1. The molecule has 1 heterocycles. The minimum Gasteiger partial charge on any atom is -0.494 e. The number of amides is 3. The first-order chi connectivity index (χ1) is 24.8. The lowest BCUT2D eigenvalue weighted by atomic mass is 9.90. The molecule has 1 unspecified atom stereocenters. The predicted molar refractivity (Wildman–Crippen MR) is 192 cm³/mol. The van der Waals surface area contributed by atoms with Crippen molar-refractivity contribution in [3.05, 3.63) is 113 Å². The zero-order valence-electron chi connectivity index (χ0n) is 29.4. The number of furan rings is 1. The Morgan fingerprint density at radius 3 is 2.29 bits per heavy atom. The maximum Gasteiger partial charge on any atom is 0.288 e. The lowest BCUT2D eigenvalue weighted by molar-refractivity contribution is -0.200. The summed E-state index contributed by atoms with van der Waals surface area (Å²) in [6.45, 7) is 6.15. The molecule has 11 nitrogen and oxygen atoms in total. The third-order valence-corrected chi connectivity index (χ3v) is 8.48. The zero-order valence-corrected chi connectivity index (χ0v) is 29.4. The monoisotopic (exact) mass is 697 g/mol. The van der Waals surface area contributed by atoms with Gasteiger partial charge in [0.05, 0.1) is 25.2 Å². The van der Waals surface area contributed by atoms with E-state index in [1.165, 1.54) is 11.1 Å². The summed E-state index contributed by atoms with van der Waals surface area (Å²) in [4.78, 5) is 57.8. The number of nitrogens with one attached hydrogen (secondary N) is 2. The van der Waals surface area contributed by atoms with Gasteiger partial charge in [-0.15, -0.1) is 0 Å². The fourth-order valence-corrected chi connectivity index (χ4v) is 5.80. The first-order valence-corrected chi connectivity index (χ1v) is 17.4. The summed E-state index contributed by atoms with van der Waals surface area (Å²) in [7, 11) is 0. The summed E-state index contributed by atoms with van der Waals surface area (Å²) < 4.78 is 11.5. The Kier molecular flexibility index (Phi) is 15.0. The number of ketones is 1. The van der Waals surface area contributed by atoms with Crippen molar-refractivity contribution in [3.8, 4) is 17.1 Å². The van der Waals surface area contributed by atoms with Crippen molar-refractivity contribution in [1.82, 2.24) is 15.7 Å². The van der Waals surface area contributed by atoms with Gasteiger partial charge in [-0.2, -0.15) is 0 Å². The summed E-state index contributed by atoms with van der Waals surface area (Å²) in [6, 6.07) is 25.5. The molecule has 3 aromatic carbocycles. The quantitative estimate of drug-likeness (QED) is 0.0289. The first kappa shape index (κ1) is 38.5. The minimum absolute atomic E-state index is 0.00867. The van der Waals surface area contributed by atoms with Gasteiger partial charge in [0.15, 0.2) is 11.5 Å². The van der Waals surface area contributed by atoms with Crippen LogP contribution in [0.2, 0.25) is 0 Å². The molecule has 0 saturated carbocycles. The van der Waals surface area contributed by atoms with E-state index < -0.39 is 29.8 Å². The Hall–Kier alpha value is -5.26. The topological polar surface area (TPSA) is 147 Å². The fraction of sp³-hybridized carbons (Fsp3) is 0.350. The molecule has 0 spiro atoms. The number of Topliss-reactive ketones (excluding diaryl/α,β-unsaturated/α-hetero) is 1. The van der Waals surface area contributed by atoms with E-state index in [1.807, 2.05) is 44.2 Å². The number of nitrogens with zero attached hydrogens (tertiary/aromatic N) is 1. The largest absolute Gasteiger partial charge is 0.494 e. The van der Waals surface area contributed by atoms with Crippen LogP contribution < -0.4 is 15.4 Å². The Bertz CT molecular complexity index is 1710. The van der Waals surface area contributed by atoms with E-state index >= 15 is 0 Å². The molecule has 3 N–H and O–H groups in total. The fourth-order valence-electron chi connectivity index (χ4n) is 5.80. The lowest BCUT2D eigenvalue weighted by Crippen LogP contribution is -2.48. The highest BCUT2D eigenvalue weighted by molar-refractivity contribution is 6.01. The Labute approximate surface area is 298 Å². The summed E-state index contributed by atoms with van der Waals surface area (Å²) in [5, 5.41) is 17.4. The second-order valence-corrected chi connectivity index (χ2v) is 12.0. The third-order valence-electron chi connectivity index (χ3n) is 8.48. The summed E-state index contributed by atoms with van der Waals surface area (Å²) in [6.07, 6.45) is 2.97. The van der Waals surface area contributed by atoms with Crippen LogP contribution in [0.3, 0.4) is 0 Å². The number of rotatable bonds is 21. The second-order valence-electron chi connectivity index (χ2n) is 12.0. The molecule has 1 aromatic heterocycles. The van der Waals surface area contributed by atoms with E-state index in [-0.39, 0.29) is 30.5 Å². The number of hydroxylamine groups is 2. The SMILES string of the molecule is CCCCC[C@@H](C(=O)NCNC(=O)c1ccc(-c2cc(OCC)cc(C(=O)C(O)c3ccccc3)c2)o1)[C@@H](CC)N(C=O)OCc1ccccc1. The van der Waals surface area contributed by atoms with Crippen molar-refractivity contribution >= 4 is 24.0 Å². The van der Waals surface area contributed by atoms with Crippen molar-refractivity contribution in [3.63, 3.8) is 0 Å². The second kappa shape index (κ2) is 19.8. The van der Waals surface area contributed by atoms with Crippen LogP contribution in [-0.4, -0.2) is 53.5 Å². The number of aliphatic hydroxyl groups is 1. The van der Waals surface area contributed by atoms with Crippen LogP contribution in [0.1, 0.15) is 91.0 Å². The summed E-state index contributed by atoms with van der Waals surface area (Å²) >= 11 is 0. The van der Waals surface area contributed by atoms with Gasteiger partial charge in [-0.05, 0) is 61.2 Å². The molecule has 4 aromatic rings. The molecule has 4 rings (SSSR count). The van der Waals surface area contributed by atoms with E-state index in [4.69, 9.17) is 14.0 Å². The van der Waals surface area contributed by atoms with Crippen LogP contribution in [0, 0.1) is 5.92 Å². The van der Waals surface area contributed by atoms with Gasteiger partial charge >= 0.3 is 0 Å². The van der Waals surface area contributed by atoms with Gasteiger partial charge in [0.2, 0.25) is 12.3 Å². The van der Waals surface area contributed by atoms with E-state index in [0.29, 0.717) is 48.5 Å². The minimum atomic E-state index is -1.37. The molecule has 0 aliphatic carbocycles. The first-order valence-electron chi connectivity index (χ1n) is 17.4. The van der Waals surface area contributed by atoms with Crippen LogP contribution in [0.5, 0.6) is 5.75 Å². The van der Waals surface area contributed by atoms with Gasteiger partial charge in [-0.3, -0.25) is 24.0 Å². The molecule has 11 heteroatoms. The average molecular weight is 698 g/mol. The lowest BCUT2D eigenvalue weighted by Gasteiger charge is -2.32. The normalized spacial score (nSPS) is 12.7. The molecule has 270 valence electrons. The van der Waals surface area contributed by atoms with E-state index in [0.717, 1.165) is 24.8 Å². The molecule has 0 aliphatic rings. The molecule has 3 amide bonds. The van der Waals surface area contributed by atoms with Crippen molar-refractivity contribution in [2.75, 3.05) is 13.3 Å².